The van der Waals surface area contributed by atoms with E-state index >= 15 is 0 Å². The predicted octanol–water partition coefficient (Wildman–Crippen LogP) is 1.93. The molecule has 1 aromatic carbocycles. The predicted molar refractivity (Wildman–Crippen MR) is 106 cm³/mol. The number of amides is 4. The highest BCUT2D eigenvalue weighted by molar-refractivity contribution is 7.98. The van der Waals surface area contributed by atoms with E-state index in [-0.39, 0.29) is 24.9 Å². The molecule has 1 aromatic rings. The monoisotopic (exact) mass is 407 g/mol. The molecule has 0 spiro atoms. The van der Waals surface area contributed by atoms with Crippen molar-refractivity contribution in [1.29, 1.82) is 0 Å². The Labute approximate surface area is 168 Å². The average molecular weight is 407 g/mol. The molecule has 1 fully saturated rings. The molecular weight excluding hydrogens is 382 g/mol. The molecule has 0 radical (unpaired) electrons. The highest BCUT2D eigenvalue weighted by Crippen LogP contribution is 2.28. The van der Waals surface area contributed by atoms with Crippen LogP contribution >= 0.6 is 11.8 Å². The first-order chi connectivity index (χ1) is 13.3. The van der Waals surface area contributed by atoms with Crippen LogP contribution in [0.5, 0.6) is 0 Å². The quantitative estimate of drug-likeness (QED) is 0.529. The maximum atomic E-state index is 12.3. The van der Waals surface area contributed by atoms with Crippen molar-refractivity contribution in [1.82, 2.24) is 10.6 Å². The van der Waals surface area contributed by atoms with Crippen LogP contribution in [-0.2, 0) is 19.1 Å². The van der Waals surface area contributed by atoms with Crippen molar-refractivity contribution >= 4 is 41.3 Å². The normalized spacial score (nSPS) is 17.2. The minimum Gasteiger partial charge on any atom is -0.455 e. The zero-order valence-electron chi connectivity index (χ0n) is 16.2. The molecule has 0 bridgehead atoms. The van der Waals surface area contributed by atoms with E-state index in [9.17, 15) is 19.2 Å². The molecule has 9 heteroatoms. The van der Waals surface area contributed by atoms with E-state index in [1.54, 1.807) is 16.7 Å². The smallest absolute Gasteiger partial charge is 0.321 e. The lowest BCUT2D eigenvalue weighted by Gasteiger charge is -2.17. The van der Waals surface area contributed by atoms with Crippen LogP contribution in [0.2, 0.25) is 0 Å². The van der Waals surface area contributed by atoms with Crippen LogP contribution in [0.25, 0.3) is 0 Å². The van der Waals surface area contributed by atoms with Gasteiger partial charge in [-0.05, 0) is 37.8 Å². The summed E-state index contributed by atoms with van der Waals surface area (Å²) in [6, 6.07) is 6.79. The third-order valence-corrected chi connectivity index (χ3v) is 5.14. The lowest BCUT2D eigenvalue weighted by Crippen LogP contribution is -2.44. The molecule has 1 saturated heterocycles. The number of anilines is 1. The van der Waals surface area contributed by atoms with Gasteiger partial charge >= 0.3 is 12.0 Å². The number of nitrogens with zero attached hydrogens (tertiary/aromatic N) is 1. The number of esters is 1. The van der Waals surface area contributed by atoms with Gasteiger partial charge < -0.3 is 15.0 Å². The largest absolute Gasteiger partial charge is 0.455 e. The Morgan fingerprint density at radius 3 is 2.79 bits per heavy atom. The Hall–Kier alpha value is -2.55. The molecule has 0 saturated carbocycles. The van der Waals surface area contributed by atoms with Gasteiger partial charge in [-0.25, -0.2) is 4.79 Å². The number of imide groups is 1. The van der Waals surface area contributed by atoms with Crippen molar-refractivity contribution in [3.8, 4) is 0 Å². The van der Waals surface area contributed by atoms with Crippen LogP contribution in [0.1, 0.15) is 26.7 Å². The van der Waals surface area contributed by atoms with Crippen LogP contribution in [0.4, 0.5) is 10.5 Å². The maximum absolute atomic E-state index is 12.3. The van der Waals surface area contributed by atoms with Crippen molar-refractivity contribution in [2.45, 2.75) is 37.6 Å². The highest BCUT2D eigenvalue weighted by atomic mass is 32.2. The molecule has 2 rings (SSSR count). The molecule has 1 aliphatic rings. The molecule has 1 heterocycles. The number of benzene rings is 1. The first-order valence-electron chi connectivity index (χ1n) is 9.05. The maximum Gasteiger partial charge on any atom is 0.321 e. The molecular formula is C19H25N3O5S. The van der Waals surface area contributed by atoms with Gasteiger partial charge in [0.1, 0.15) is 0 Å². The fourth-order valence-electron chi connectivity index (χ4n) is 2.67. The number of hydrogen-bond donors (Lipinski definition) is 2. The van der Waals surface area contributed by atoms with Gasteiger partial charge in [0.2, 0.25) is 5.91 Å². The van der Waals surface area contributed by atoms with Crippen LogP contribution in [0.15, 0.2) is 29.2 Å². The van der Waals surface area contributed by atoms with E-state index in [1.165, 1.54) is 0 Å². The minimum atomic E-state index is -0.719. The highest BCUT2D eigenvalue weighted by Gasteiger charge is 2.36. The Bertz CT molecular complexity index is 755. The summed E-state index contributed by atoms with van der Waals surface area (Å²) in [6.07, 6.45) is 2.69. The number of ether oxygens (including phenoxy) is 1. The summed E-state index contributed by atoms with van der Waals surface area (Å²) in [6.45, 7) is 3.34. The first kappa shape index (κ1) is 21.7. The summed E-state index contributed by atoms with van der Waals surface area (Å²) in [5.41, 5.74) is 0.728. The Balaban J connectivity index is 1.84. The zero-order valence-corrected chi connectivity index (χ0v) is 17.0. The standard InChI is InChI=1S/C19H25N3O5S/c1-4-12(2)20-19(26)21-16(23)11-27-18(25)13-8-17(24)22(10-13)14-6-5-7-15(9-14)28-3/h5-7,9,12-13H,4,8,10-11H2,1-3H3,(H2,20,21,23,26)/t12-,13+/m0/s1. The number of nitrogens with one attached hydrogen (secondary N) is 2. The van der Waals surface area contributed by atoms with Crippen molar-refractivity contribution in [2.24, 2.45) is 5.92 Å². The molecule has 28 heavy (non-hydrogen) atoms. The van der Waals surface area contributed by atoms with Gasteiger partial charge in [-0.15, -0.1) is 11.8 Å². The lowest BCUT2D eigenvalue weighted by molar-refractivity contribution is -0.152. The van der Waals surface area contributed by atoms with Crippen molar-refractivity contribution in [3.05, 3.63) is 24.3 Å². The molecule has 2 atom stereocenters. The van der Waals surface area contributed by atoms with E-state index < -0.39 is 30.4 Å². The second kappa shape index (κ2) is 10.1. The summed E-state index contributed by atoms with van der Waals surface area (Å²) in [5.74, 6) is -2.16. The zero-order chi connectivity index (χ0) is 20.7. The fraction of sp³-hybridized carbons (Fsp3) is 0.474. The SMILES string of the molecule is CC[C@H](C)NC(=O)NC(=O)COC(=O)[C@@H]1CC(=O)N(c2cccc(SC)c2)C1. The second-order valence-electron chi connectivity index (χ2n) is 6.55. The fourth-order valence-corrected chi connectivity index (χ4v) is 3.13. The van der Waals surface area contributed by atoms with Crippen LogP contribution < -0.4 is 15.5 Å². The van der Waals surface area contributed by atoms with Crippen LogP contribution in [0.3, 0.4) is 0 Å². The van der Waals surface area contributed by atoms with Crippen LogP contribution in [-0.4, -0.2) is 49.3 Å². The van der Waals surface area contributed by atoms with Crippen LogP contribution in [0, 0.1) is 5.92 Å². The summed E-state index contributed by atoms with van der Waals surface area (Å²) in [5, 5.41) is 4.68. The third-order valence-electron chi connectivity index (χ3n) is 4.41. The van der Waals surface area contributed by atoms with Crippen molar-refractivity contribution in [2.75, 3.05) is 24.3 Å². The molecule has 0 aliphatic carbocycles. The summed E-state index contributed by atoms with van der Waals surface area (Å²) < 4.78 is 4.98. The Kier molecular flexibility index (Phi) is 7.86. The Morgan fingerprint density at radius 2 is 2.11 bits per heavy atom. The molecule has 0 unspecified atom stereocenters. The summed E-state index contributed by atoms with van der Waals surface area (Å²) in [4.78, 5) is 50.4. The first-order valence-corrected chi connectivity index (χ1v) is 10.3. The Morgan fingerprint density at radius 1 is 1.36 bits per heavy atom. The van der Waals surface area contributed by atoms with Crippen molar-refractivity contribution in [3.63, 3.8) is 0 Å². The molecule has 4 amide bonds. The van der Waals surface area contributed by atoms with E-state index in [0.717, 1.165) is 17.0 Å². The van der Waals surface area contributed by atoms with Gasteiger partial charge in [0.15, 0.2) is 6.61 Å². The van der Waals surface area contributed by atoms with Gasteiger partial charge in [-0.1, -0.05) is 13.0 Å². The van der Waals surface area contributed by atoms with Crippen molar-refractivity contribution < 1.29 is 23.9 Å². The van der Waals surface area contributed by atoms with E-state index in [1.807, 2.05) is 44.4 Å². The molecule has 8 nitrogen and oxygen atoms in total. The number of hydrogen-bond acceptors (Lipinski definition) is 6. The van der Waals surface area contributed by atoms with E-state index in [0.29, 0.717) is 0 Å². The third kappa shape index (κ3) is 5.98. The number of carbonyl (C=O) groups excluding carboxylic acids is 4. The number of rotatable bonds is 7. The minimum absolute atomic E-state index is 0.0262. The molecule has 2 N–H and O–H groups in total. The van der Waals surface area contributed by atoms with Gasteiger partial charge in [-0.2, -0.15) is 0 Å². The second-order valence-corrected chi connectivity index (χ2v) is 7.43. The summed E-state index contributed by atoms with van der Waals surface area (Å²) in [7, 11) is 0. The molecule has 152 valence electrons. The van der Waals surface area contributed by atoms with E-state index in [2.05, 4.69) is 10.6 Å². The van der Waals surface area contributed by atoms with E-state index in [4.69, 9.17) is 4.74 Å². The van der Waals surface area contributed by atoms with Gasteiger partial charge in [-0.3, -0.25) is 19.7 Å². The topological polar surface area (TPSA) is 105 Å². The lowest BCUT2D eigenvalue weighted by atomic mass is 10.1. The average Bonchev–Trinajstić information content (AvgIpc) is 3.07. The van der Waals surface area contributed by atoms with Gasteiger partial charge in [0.25, 0.3) is 5.91 Å². The molecule has 0 aromatic heterocycles. The number of carbonyl (C=O) groups is 4. The van der Waals surface area contributed by atoms with Gasteiger partial charge in [0.05, 0.1) is 5.92 Å². The summed E-state index contributed by atoms with van der Waals surface area (Å²) >= 11 is 1.56. The molecule has 1 aliphatic heterocycles. The number of thioether (sulfide) groups is 1. The number of urea groups is 1. The van der Waals surface area contributed by atoms with Gasteiger partial charge in [0, 0.05) is 29.6 Å².